The van der Waals surface area contributed by atoms with Crippen molar-refractivity contribution in [3.63, 3.8) is 0 Å². The molecule has 0 saturated carbocycles. The Kier molecular flexibility index (Phi) is 4.34. The van der Waals surface area contributed by atoms with Crippen molar-refractivity contribution in [1.29, 1.82) is 0 Å². The Morgan fingerprint density at radius 2 is 1.68 bits per heavy atom. The molecule has 2 aromatic rings. The fraction of sp³-hybridized carbons (Fsp3) is 0.238. The fourth-order valence-corrected chi connectivity index (χ4v) is 5.51. The highest BCUT2D eigenvalue weighted by Gasteiger charge is 2.25. The number of aryl methyl sites for hydroxylation is 2. The molecule has 0 saturated heterocycles. The van der Waals surface area contributed by atoms with Gasteiger partial charge in [0, 0.05) is 23.9 Å². The molecule has 0 N–H and O–H groups in total. The van der Waals surface area contributed by atoms with E-state index in [2.05, 4.69) is 92.4 Å². The van der Waals surface area contributed by atoms with Crippen LogP contribution in [0, 0.1) is 13.8 Å². The molecule has 0 amide bonds. The lowest BCUT2D eigenvalue weighted by Crippen LogP contribution is -2.22. The summed E-state index contributed by atoms with van der Waals surface area (Å²) in [6.45, 7) is 4.30. The summed E-state index contributed by atoms with van der Waals surface area (Å²) in [7, 11) is 4.32. The number of likely N-dealkylation sites (N-methyl/N-ethyl adjacent to an activating group) is 1. The van der Waals surface area contributed by atoms with Crippen LogP contribution in [0.2, 0.25) is 0 Å². The fourth-order valence-electron chi connectivity index (χ4n) is 3.18. The van der Waals surface area contributed by atoms with Crippen LogP contribution < -0.4 is 9.80 Å². The summed E-state index contributed by atoms with van der Waals surface area (Å²) in [4.78, 5) is 7.34. The molecule has 1 atom stereocenters. The lowest BCUT2D eigenvalue weighted by Gasteiger charge is -2.18. The predicted octanol–water partition coefficient (Wildman–Crippen LogP) is 5.81. The van der Waals surface area contributed by atoms with E-state index in [0.29, 0.717) is 5.37 Å². The molecule has 0 aromatic heterocycles. The Morgan fingerprint density at radius 1 is 0.920 bits per heavy atom. The number of hydrogen-bond acceptors (Lipinski definition) is 4. The summed E-state index contributed by atoms with van der Waals surface area (Å²) in [5.74, 6) is 0. The van der Waals surface area contributed by atoms with E-state index in [1.54, 1.807) is 0 Å². The molecule has 0 spiro atoms. The smallest absolute Gasteiger partial charge is 0.0982 e. The van der Waals surface area contributed by atoms with Gasteiger partial charge in [0.25, 0.3) is 0 Å². The van der Waals surface area contributed by atoms with Crippen molar-refractivity contribution in [2.75, 3.05) is 23.9 Å². The number of hydrogen-bond donors (Lipinski definition) is 0. The molecule has 2 nitrogen and oxygen atoms in total. The second-order valence-electron chi connectivity index (χ2n) is 6.61. The van der Waals surface area contributed by atoms with Gasteiger partial charge in [-0.1, -0.05) is 47.8 Å². The number of thioether (sulfide) groups is 2. The van der Waals surface area contributed by atoms with Crippen LogP contribution in [0.5, 0.6) is 0 Å². The molecule has 128 valence electrons. The molecule has 2 aliphatic rings. The summed E-state index contributed by atoms with van der Waals surface area (Å²) in [6.07, 6.45) is 6.71. The maximum atomic E-state index is 2.35. The van der Waals surface area contributed by atoms with Gasteiger partial charge in [0.1, 0.15) is 0 Å². The van der Waals surface area contributed by atoms with Gasteiger partial charge >= 0.3 is 0 Å². The highest BCUT2D eigenvalue weighted by atomic mass is 32.2. The van der Waals surface area contributed by atoms with Gasteiger partial charge in [-0.25, -0.2) is 0 Å². The third kappa shape index (κ3) is 3.09. The third-order valence-electron chi connectivity index (χ3n) is 4.66. The summed E-state index contributed by atoms with van der Waals surface area (Å²) in [6, 6.07) is 13.4. The average molecular weight is 367 g/mol. The van der Waals surface area contributed by atoms with Crippen LogP contribution in [0.1, 0.15) is 11.1 Å². The minimum absolute atomic E-state index is 0.356. The van der Waals surface area contributed by atoms with Crippen molar-refractivity contribution in [3.05, 3.63) is 70.8 Å². The summed E-state index contributed by atoms with van der Waals surface area (Å²) >= 11 is 3.76. The average Bonchev–Trinajstić information content (AvgIpc) is 3.06. The van der Waals surface area contributed by atoms with Gasteiger partial charge in [-0.15, -0.1) is 0 Å². The second kappa shape index (κ2) is 6.50. The molecule has 2 aliphatic heterocycles. The van der Waals surface area contributed by atoms with Crippen LogP contribution in [0.15, 0.2) is 69.4 Å². The highest BCUT2D eigenvalue weighted by Crippen LogP contribution is 2.46. The highest BCUT2D eigenvalue weighted by molar-refractivity contribution is 8.03. The van der Waals surface area contributed by atoms with Crippen LogP contribution in [0.3, 0.4) is 0 Å². The van der Waals surface area contributed by atoms with Crippen molar-refractivity contribution in [2.24, 2.45) is 0 Å². The van der Waals surface area contributed by atoms with E-state index >= 15 is 0 Å². The first-order valence-corrected chi connectivity index (χ1v) is 10.1. The van der Waals surface area contributed by atoms with E-state index in [4.69, 9.17) is 0 Å². The van der Waals surface area contributed by atoms with Gasteiger partial charge in [0.15, 0.2) is 0 Å². The van der Waals surface area contributed by atoms with E-state index < -0.39 is 0 Å². The number of anilines is 2. The number of rotatable bonds is 2. The van der Waals surface area contributed by atoms with Gasteiger partial charge < -0.3 is 9.80 Å². The van der Waals surface area contributed by atoms with E-state index in [1.165, 1.54) is 37.3 Å². The molecule has 2 aromatic carbocycles. The Balaban J connectivity index is 1.50. The number of nitrogens with zero attached hydrogens (tertiary/aromatic N) is 2. The summed E-state index contributed by atoms with van der Waals surface area (Å²) in [5.41, 5.74) is 5.26. The Bertz CT molecular complexity index is 885. The normalized spacial score (nSPS) is 20.6. The topological polar surface area (TPSA) is 6.48 Å². The number of allylic oxidation sites excluding steroid dienone is 2. The van der Waals surface area contributed by atoms with E-state index in [1.807, 2.05) is 23.5 Å². The molecule has 0 radical (unpaired) electrons. The number of fused-ring (bicyclic) bond motifs is 2. The van der Waals surface area contributed by atoms with Crippen molar-refractivity contribution in [1.82, 2.24) is 0 Å². The van der Waals surface area contributed by atoms with Gasteiger partial charge in [-0.2, -0.15) is 0 Å². The molecule has 2 heterocycles. The summed E-state index contributed by atoms with van der Waals surface area (Å²) in [5, 5.41) is 1.63. The zero-order valence-electron chi connectivity index (χ0n) is 15.0. The molecular formula is C21H22N2S2. The molecule has 0 fully saturated rings. The zero-order valence-corrected chi connectivity index (χ0v) is 16.6. The third-order valence-corrected chi connectivity index (χ3v) is 7.14. The molecule has 1 unspecified atom stereocenters. The largest absolute Gasteiger partial charge is 0.358 e. The van der Waals surface area contributed by atoms with Crippen molar-refractivity contribution >= 4 is 34.9 Å². The molecule has 4 heteroatoms. The zero-order chi connectivity index (χ0) is 17.6. The molecule has 4 rings (SSSR count). The van der Waals surface area contributed by atoms with Gasteiger partial charge in [-0.3, -0.25) is 0 Å². The first kappa shape index (κ1) is 16.7. The predicted molar refractivity (Wildman–Crippen MR) is 112 cm³/mol. The van der Waals surface area contributed by atoms with E-state index in [9.17, 15) is 0 Å². The molecule has 25 heavy (non-hydrogen) atoms. The Morgan fingerprint density at radius 3 is 2.52 bits per heavy atom. The lowest BCUT2D eigenvalue weighted by molar-refractivity contribution is 0.988. The van der Waals surface area contributed by atoms with Crippen molar-refractivity contribution < 1.29 is 0 Å². The van der Waals surface area contributed by atoms with Gasteiger partial charge in [-0.05, 0) is 55.3 Å². The molecule has 0 bridgehead atoms. The van der Waals surface area contributed by atoms with Crippen LogP contribution in [-0.2, 0) is 0 Å². The monoisotopic (exact) mass is 366 g/mol. The first-order valence-electron chi connectivity index (χ1n) is 8.44. The van der Waals surface area contributed by atoms with Crippen LogP contribution in [-0.4, -0.2) is 19.5 Å². The summed E-state index contributed by atoms with van der Waals surface area (Å²) < 4.78 is 0. The second-order valence-corrected chi connectivity index (χ2v) is 8.83. The minimum atomic E-state index is 0.356. The molecule has 0 aliphatic carbocycles. The SMILES string of the molecule is Cc1ccc2c(c1)SC(=CC=CC1Sc3ccc(C)cc3N1C)N2C. The van der Waals surface area contributed by atoms with Crippen LogP contribution >= 0.6 is 23.5 Å². The van der Waals surface area contributed by atoms with Gasteiger partial charge in [0.2, 0.25) is 0 Å². The number of benzene rings is 2. The van der Waals surface area contributed by atoms with E-state index in [-0.39, 0.29) is 0 Å². The van der Waals surface area contributed by atoms with Crippen molar-refractivity contribution in [2.45, 2.75) is 29.0 Å². The van der Waals surface area contributed by atoms with Crippen LogP contribution in [0.25, 0.3) is 0 Å². The lowest BCUT2D eigenvalue weighted by atomic mass is 10.2. The Labute approximate surface area is 158 Å². The van der Waals surface area contributed by atoms with Crippen molar-refractivity contribution in [3.8, 4) is 0 Å². The minimum Gasteiger partial charge on any atom is -0.358 e. The van der Waals surface area contributed by atoms with Gasteiger partial charge in [0.05, 0.1) is 21.8 Å². The maximum Gasteiger partial charge on any atom is 0.0982 e. The van der Waals surface area contributed by atoms with E-state index in [0.717, 1.165) is 0 Å². The standard InChI is InChI=1S/C21H22N2S2/c1-14-9-11-18-17(12-14)23(4)21(24-18)7-5-6-20-22(3)16-10-8-15(2)13-19(16)25-20/h5-13,21H,1-4H3. The molecular weight excluding hydrogens is 344 g/mol. The Hall–Kier alpha value is -1.78. The maximum absolute atomic E-state index is 2.35. The van der Waals surface area contributed by atoms with Crippen LogP contribution in [0.4, 0.5) is 11.4 Å². The first-order chi connectivity index (χ1) is 12.0. The quantitative estimate of drug-likeness (QED) is 0.661.